The third-order valence-electron chi connectivity index (χ3n) is 5.22. The first kappa shape index (κ1) is 16.2. The van der Waals surface area contributed by atoms with E-state index in [2.05, 4.69) is 36.2 Å². The van der Waals surface area contributed by atoms with Gasteiger partial charge in [0.05, 0.1) is 0 Å². The van der Waals surface area contributed by atoms with Crippen molar-refractivity contribution in [3.8, 4) is 0 Å². The predicted molar refractivity (Wildman–Crippen MR) is 93.2 cm³/mol. The van der Waals surface area contributed by atoms with Gasteiger partial charge in [-0.25, -0.2) is 4.98 Å². The van der Waals surface area contributed by atoms with Crippen molar-refractivity contribution in [3.05, 3.63) is 65.2 Å². The number of hydrogen-bond acceptors (Lipinski definition) is 1. The summed E-state index contributed by atoms with van der Waals surface area (Å²) in [6.07, 6.45) is 10.2. The first-order valence-electron chi connectivity index (χ1n) is 8.96. The van der Waals surface area contributed by atoms with E-state index in [-0.39, 0.29) is 5.95 Å². The molecule has 0 amide bonds. The zero-order valence-electron chi connectivity index (χ0n) is 14.0. The van der Waals surface area contributed by atoms with Crippen molar-refractivity contribution in [3.63, 3.8) is 0 Å². The average Bonchev–Trinajstić information content (AvgIpc) is 2.61. The molecule has 0 N–H and O–H groups in total. The molecule has 0 saturated heterocycles. The van der Waals surface area contributed by atoms with E-state index in [4.69, 9.17) is 0 Å². The Morgan fingerprint density at radius 2 is 1.52 bits per heavy atom. The molecule has 1 saturated carbocycles. The topological polar surface area (TPSA) is 12.9 Å². The van der Waals surface area contributed by atoms with E-state index in [0.717, 1.165) is 0 Å². The highest BCUT2D eigenvalue weighted by Gasteiger charge is 2.23. The fourth-order valence-electron chi connectivity index (χ4n) is 3.73. The molecule has 0 bridgehead atoms. The van der Waals surface area contributed by atoms with Crippen LogP contribution in [0.5, 0.6) is 0 Å². The molecule has 2 heteroatoms. The molecule has 1 nitrogen and oxygen atoms in total. The van der Waals surface area contributed by atoms with Crippen LogP contribution in [0.25, 0.3) is 0 Å². The Bertz CT molecular complexity index is 595. The summed E-state index contributed by atoms with van der Waals surface area (Å²) < 4.78 is 12.9. The van der Waals surface area contributed by atoms with Gasteiger partial charge in [0.15, 0.2) is 0 Å². The number of rotatable bonds is 5. The van der Waals surface area contributed by atoms with E-state index < -0.39 is 0 Å². The minimum atomic E-state index is -0.384. The fourth-order valence-corrected chi connectivity index (χ4v) is 3.73. The highest BCUT2D eigenvalue weighted by atomic mass is 19.1. The Balaban J connectivity index is 1.57. The van der Waals surface area contributed by atoms with E-state index in [1.165, 1.54) is 67.7 Å². The number of unbranched alkanes of at least 4 members (excludes halogenated alkanes) is 1. The highest BCUT2D eigenvalue weighted by Crippen LogP contribution is 2.40. The largest absolute Gasteiger partial charge is 0.228 e. The molecule has 3 rings (SSSR count). The van der Waals surface area contributed by atoms with E-state index in [0.29, 0.717) is 11.8 Å². The number of benzene rings is 1. The summed E-state index contributed by atoms with van der Waals surface area (Å²) in [6, 6.07) is 12.7. The van der Waals surface area contributed by atoms with Crippen molar-refractivity contribution in [1.82, 2.24) is 4.98 Å². The van der Waals surface area contributed by atoms with Crippen molar-refractivity contribution in [2.75, 3.05) is 0 Å². The van der Waals surface area contributed by atoms with Crippen molar-refractivity contribution in [2.45, 2.75) is 63.7 Å². The quantitative estimate of drug-likeness (QED) is 0.617. The Morgan fingerprint density at radius 1 is 0.913 bits per heavy atom. The van der Waals surface area contributed by atoms with Crippen molar-refractivity contribution in [1.29, 1.82) is 0 Å². The Hall–Kier alpha value is -1.70. The number of hydrogen-bond donors (Lipinski definition) is 0. The van der Waals surface area contributed by atoms with Crippen LogP contribution in [-0.2, 0) is 6.42 Å². The first-order chi connectivity index (χ1) is 11.3. The van der Waals surface area contributed by atoms with Crippen LogP contribution in [0.2, 0.25) is 0 Å². The van der Waals surface area contributed by atoms with Crippen molar-refractivity contribution in [2.24, 2.45) is 0 Å². The molecular weight excluding hydrogens is 285 g/mol. The van der Waals surface area contributed by atoms with Gasteiger partial charge in [-0.3, -0.25) is 0 Å². The van der Waals surface area contributed by atoms with Gasteiger partial charge in [0.1, 0.15) is 0 Å². The molecule has 1 aliphatic carbocycles. The summed E-state index contributed by atoms with van der Waals surface area (Å²) in [4.78, 5) is 3.80. The van der Waals surface area contributed by atoms with Crippen LogP contribution in [-0.4, -0.2) is 4.98 Å². The van der Waals surface area contributed by atoms with Gasteiger partial charge in [-0.15, -0.1) is 0 Å². The normalized spacial score (nSPS) is 21.3. The van der Waals surface area contributed by atoms with Crippen LogP contribution in [0.1, 0.15) is 74.0 Å². The van der Waals surface area contributed by atoms with Gasteiger partial charge in [-0.2, -0.15) is 4.39 Å². The molecule has 1 aliphatic rings. The zero-order valence-corrected chi connectivity index (χ0v) is 14.0. The summed E-state index contributed by atoms with van der Waals surface area (Å²) >= 11 is 0. The zero-order chi connectivity index (χ0) is 16.1. The summed E-state index contributed by atoms with van der Waals surface area (Å²) in [7, 11) is 0. The van der Waals surface area contributed by atoms with E-state index >= 15 is 0 Å². The number of aromatic nitrogens is 1. The Morgan fingerprint density at radius 3 is 2.09 bits per heavy atom. The second-order valence-electron chi connectivity index (χ2n) is 6.81. The molecule has 23 heavy (non-hydrogen) atoms. The maximum atomic E-state index is 12.9. The highest BCUT2D eigenvalue weighted by molar-refractivity contribution is 5.27. The molecule has 0 aliphatic heterocycles. The van der Waals surface area contributed by atoms with Crippen LogP contribution >= 0.6 is 0 Å². The Labute approximate surface area is 139 Å². The summed E-state index contributed by atoms with van der Waals surface area (Å²) in [5.74, 6) is 0.841. The monoisotopic (exact) mass is 311 g/mol. The van der Waals surface area contributed by atoms with Gasteiger partial charge < -0.3 is 0 Å². The molecule has 1 heterocycles. The van der Waals surface area contributed by atoms with Gasteiger partial charge in [0.2, 0.25) is 5.95 Å². The van der Waals surface area contributed by atoms with Gasteiger partial charge in [0, 0.05) is 6.20 Å². The number of pyridine rings is 1. The van der Waals surface area contributed by atoms with Crippen molar-refractivity contribution < 1.29 is 4.39 Å². The van der Waals surface area contributed by atoms with E-state index in [1.807, 2.05) is 6.07 Å². The maximum Gasteiger partial charge on any atom is 0.212 e. The summed E-state index contributed by atoms with van der Waals surface area (Å²) in [6.45, 7) is 2.24. The minimum Gasteiger partial charge on any atom is -0.228 e. The molecule has 1 aromatic carbocycles. The van der Waals surface area contributed by atoms with Gasteiger partial charge in [-0.1, -0.05) is 43.7 Å². The molecule has 0 radical (unpaired) electrons. The Kier molecular flexibility index (Phi) is 5.43. The maximum absolute atomic E-state index is 12.9. The molecule has 0 spiro atoms. The summed E-state index contributed by atoms with van der Waals surface area (Å²) in [5.41, 5.74) is 4.14. The minimum absolute atomic E-state index is 0.384. The predicted octanol–water partition coefficient (Wildman–Crippen LogP) is 6.00. The van der Waals surface area contributed by atoms with Crippen LogP contribution in [0, 0.1) is 5.95 Å². The van der Waals surface area contributed by atoms with Gasteiger partial charge in [0.25, 0.3) is 0 Å². The standard InChI is InChI=1S/C21H26FN/c1-2-3-4-16-5-7-17(8-6-16)18-9-11-19(12-10-18)20-13-14-21(22)23-15-20/h5-8,13-15,18-19H,2-4,9-12H2,1H3/t18-,19-. The second kappa shape index (κ2) is 7.72. The van der Waals surface area contributed by atoms with Crippen molar-refractivity contribution >= 4 is 0 Å². The van der Waals surface area contributed by atoms with Crippen LogP contribution in [0.4, 0.5) is 4.39 Å². The molecular formula is C21H26FN. The number of aryl methyl sites for hydroxylation is 1. The first-order valence-corrected chi connectivity index (χ1v) is 8.96. The smallest absolute Gasteiger partial charge is 0.212 e. The van der Waals surface area contributed by atoms with Crippen LogP contribution in [0.15, 0.2) is 42.6 Å². The van der Waals surface area contributed by atoms with Crippen LogP contribution in [0.3, 0.4) is 0 Å². The molecule has 0 atom stereocenters. The number of halogens is 1. The van der Waals surface area contributed by atoms with E-state index in [9.17, 15) is 4.39 Å². The molecule has 1 aromatic heterocycles. The summed E-state index contributed by atoms with van der Waals surface area (Å²) in [5, 5.41) is 0. The molecule has 1 fully saturated rings. The van der Waals surface area contributed by atoms with Gasteiger partial charge >= 0.3 is 0 Å². The average molecular weight is 311 g/mol. The third-order valence-corrected chi connectivity index (χ3v) is 5.22. The lowest BCUT2D eigenvalue weighted by atomic mass is 9.76. The van der Waals surface area contributed by atoms with Crippen LogP contribution < -0.4 is 0 Å². The molecule has 2 aromatic rings. The SMILES string of the molecule is CCCCc1ccc([C@H]2CC[C@H](c3ccc(F)nc3)CC2)cc1. The lowest BCUT2D eigenvalue weighted by Crippen LogP contribution is -2.12. The third kappa shape index (κ3) is 4.19. The number of nitrogens with zero attached hydrogens (tertiary/aromatic N) is 1. The second-order valence-corrected chi connectivity index (χ2v) is 6.81. The molecule has 122 valence electrons. The van der Waals surface area contributed by atoms with E-state index in [1.54, 1.807) is 6.20 Å². The molecule has 0 unspecified atom stereocenters. The lowest BCUT2D eigenvalue weighted by molar-refractivity contribution is 0.395. The van der Waals surface area contributed by atoms with Gasteiger partial charge in [-0.05, 0) is 73.1 Å². The lowest BCUT2D eigenvalue weighted by Gasteiger charge is -2.29. The fraction of sp³-hybridized carbons (Fsp3) is 0.476.